The van der Waals surface area contributed by atoms with Crippen LogP contribution in [0.1, 0.15) is 58.3 Å². The smallest absolute Gasteiger partial charge is 0.253 e. The molecule has 1 atom stereocenters. The molecule has 142 valence electrons. The first-order valence-electron chi connectivity index (χ1n) is 8.06. The number of anilines is 1. The van der Waals surface area contributed by atoms with E-state index < -0.39 is 6.04 Å². The van der Waals surface area contributed by atoms with Gasteiger partial charge in [0.2, 0.25) is 5.91 Å². The molecule has 0 aliphatic carbocycles. The molecule has 4 N–H and O–H groups in total. The molecule has 0 aliphatic rings. The summed E-state index contributed by atoms with van der Waals surface area (Å²) in [5, 5.41) is 5.94. The molecular formula is C18H29Cl2N3O2. The van der Waals surface area contributed by atoms with Crippen LogP contribution in [0.15, 0.2) is 18.2 Å². The molecule has 1 aromatic rings. The summed E-state index contributed by atoms with van der Waals surface area (Å²) in [6, 6.07) is 4.15. The number of halogens is 2. The molecule has 0 fully saturated rings. The molecule has 5 nitrogen and oxygen atoms in total. The van der Waals surface area contributed by atoms with E-state index in [-0.39, 0.29) is 40.2 Å². The van der Waals surface area contributed by atoms with Gasteiger partial charge in [-0.3, -0.25) is 9.59 Å². The molecule has 1 rings (SSSR count). The molecule has 0 heterocycles. The Kier molecular flexibility index (Phi) is 8.42. The maximum atomic E-state index is 12.3. The molecular weight excluding hydrogens is 361 g/mol. The van der Waals surface area contributed by atoms with Crippen LogP contribution in [-0.2, 0) is 4.79 Å². The zero-order valence-electron chi connectivity index (χ0n) is 15.7. The van der Waals surface area contributed by atoms with Crippen molar-refractivity contribution in [2.75, 3.05) is 5.32 Å². The summed E-state index contributed by atoms with van der Waals surface area (Å²) in [5.41, 5.74) is 6.16. The predicted octanol–water partition coefficient (Wildman–Crippen LogP) is 3.99. The maximum absolute atomic E-state index is 12.3. The van der Waals surface area contributed by atoms with Gasteiger partial charge in [-0.1, -0.05) is 39.3 Å². The van der Waals surface area contributed by atoms with Gasteiger partial charge in [0, 0.05) is 11.2 Å². The summed E-state index contributed by atoms with van der Waals surface area (Å²) in [6.07, 6.45) is 0.801. The van der Waals surface area contributed by atoms with E-state index in [9.17, 15) is 9.59 Å². The van der Waals surface area contributed by atoms with Gasteiger partial charge in [-0.2, -0.15) is 0 Å². The van der Waals surface area contributed by atoms with Gasteiger partial charge in [0.15, 0.2) is 0 Å². The number of hydrogen-bond acceptors (Lipinski definition) is 3. The Balaban J connectivity index is 0.00000576. The standard InChI is InChI=1S/C18H28ClN3O2.ClH/c1-7-18(5,6)22-15(23)12-9-8-11(10-13(12)19)21-16(24)14(20)17(2,3)4;/h8-10,14H,7,20H2,1-6H3,(H,21,24)(H,22,23);1H/t14-;/m1./s1. The van der Waals surface area contributed by atoms with Crippen molar-refractivity contribution in [2.24, 2.45) is 11.1 Å². The third kappa shape index (κ3) is 6.84. The Morgan fingerprint density at radius 2 is 1.76 bits per heavy atom. The van der Waals surface area contributed by atoms with Crippen LogP contribution in [-0.4, -0.2) is 23.4 Å². The molecule has 0 radical (unpaired) electrons. The lowest BCUT2D eigenvalue weighted by atomic mass is 9.87. The summed E-state index contributed by atoms with van der Waals surface area (Å²) in [5.74, 6) is -0.529. The van der Waals surface area contributed by atoms with Gasteiger partial charge < -0.3 is 16.4 Å². The van der Waals surface area contributed by atoms with E-state index in [1.165, 1.54) is 0 Å². The number of benzene rings is 1. The molecule has 0 saturated carbocycles. The highest BCUT2D eigenvalue weighted by Crippen LogP contribution is 2.24. The second-order valence-electron chi connectivity index (χ2n) is 7.72. The maximum Gasteiger partial charge on any atom is 0.253 e. The van der Waals surface area contributed by atoms with Gasteiger partial charge in [0.05, 0.1) is 16.6 Å². The van der Waals surface area contributed by atoms with E-state index >= 15 is 0 Å². The summed E-state index contributed by atoms with van der Waals surface area (Å²) in [6.45, 7) is 11.6. The summed E-state index contributed by atoms with van der Waals surface area (Å²) in [7, 11) is 0. The van der Waals surface area contributed by atoms with Crippen molar-refractivity contribution in [3.8, 4) is 0 Å². The number of amides is 2. The first-order valence-corrected chi connectivity index (χ1v) is 8.43. The van der Waals surface area contributed by atoms with Crippen LogP contribution >= 0.6 is 24.0 Å². The van der Waals surface area contributed by atoms with Crippen molar-refractivity contribution < 1.29 is 9.59 Å². The summed E-state index contributed by atoms with van der Waals surface area (Å²) < 4.78 is 0. The molecule has 0 unspecified atom stereocenters. The van der Waals surface area contributed by atoms with Crippen molar-refractivity contribution >= 4 is 41.5 Å². The van der Waals surface area contributed by atoms with Crippen molar-refractivity contribution in [3.63, 3.8) is 0 Å². The van der Waals surface area contributed by atoms with E-state index in [0.29, 0.717) is 11.3 Å². The van der Waals surface area contributed by atoms with E-state index in [2.05, 4.69) is 10.6 Å². The fourth-order valence-corrected chi connectivity index (χ4v) is 2.12. The Morgan fingerprint density at radius 3 is 2.20 bits per heavy atom. The second kappa shape index (κ2) is 8.88. The van der Waals surface area contributed by atoms with E-state index in [1.54, 1.807) is 18.2 Å². The van der Waals surface area contributed by atoms with Gasteiger partial charge >= 0.3 is 0 Å². The monoisotopic (exact) mass is 389 g/mol. The topological polar surface area (TPSA) is 84.2 Å². The Hall–Kier alpha value is -1.30. The molecule has 0 spiro atoms. The van der Waals surface area contributed by atoms with Gasteiger partial charge in [-0.25, -0.2) is 0 Å². The SMILES string of the molecule is CCC(C)(C)NC(=O)c1ccc(NC(=O)[C@@H](N)C(C)(C)C)cc1Cl.Cl. The van der Waals surface area contributed by atoms with Crippen LogP contribution in [0.4, 0.5) is 5.69 Å². The van der Waals surface area contributed by atoms with E-state index in [0.717, 1.165) is 6.42 Å². The summed E-state index contributed by atoms with van der Waals surface area (Å²) >= 11 is 6.21. The Morgan fingerprint density at radius 1 is 1.20 bits per heavy atom. The van der Waals surface area contributed by atoms with Gasteiger partial charge in [-0.05, 0) is 43.9 Å². The lowest BCUT2D eigenvalue weighted by Gasteiger charge is -2.26. The van der Waals surface area contributed by atoms with Crippen LogP contribution in [0.5, 0.6) is 0 Å². The molecule has 0 aliphatic heterocycles. The highest BCUT2D eigenvalue weighted by molar-refractivity contribution is 6.34. The molecule has 0 aromatic heterocycles. The molecule has 2 amide bonds. The highest BCUT2D eigenvalue weighted by Gasteiger charge is 2.27. The molecule has 0 bridgehead atoms. The first kappa shape index (κ1) is 23.7. The van der Waals surface area contributed by atoms with Crippen LogP contribution in [0.25, 0.3) is 0 Å². The van der Waals surface area contributed by atoms with Gasteiger partial charge in [0.25, 0.3) is 5.91 Å². The fraction of sp³-hybridized carbons (Fsp3) is 0.556. The lowest BCUT2D eigenvalue weighted by Crippen LogP contribution is -2.45. The molecule has 25 heavy (non-hydrogen) atoms. The number of rotatable bonds is 5. The number of hydrogen-bond donors (Lipinski definition) is 3. The van der Waals surface area contributed by atoms with Crippen molar-refractivity contribution in [1.82, 2.24) is 5.32 Å². The normalized spacial score (nSPS) is 12.8. The largest absolute Gasteiger partial charge is 0.347 e. The lowest BCUT2D eigenvalue weighted by molar-refractivity contribution is -0.119. The van der Waals surface area contributed by atoms with Gasteiger partial charge in [-0.15, -0.1) is 12.4 Å². The van der Waals surface area contributed by atoms with Crippen molar-refractivity contribution in [1.29, 1.82) is 0 Å². The zero-order chi connectivity index (χ0) is 18.7. The number of nitrogens with two attached hydrogens (primary N) is 1. The highest BCUT2D eigenvalue weighted by atomic mass is 35.5. The van der Waals surface area contributed by atoms with Crippen molar-refractivity contribution in [3.05, 3.63) is 28.8 Å². The average Bonchev–Trinajstić information content (AvgIpc) is 2.44. The third-order valence-electron chi connectivity index (χ3n) is 4.03. The quantitative estimate of drug-likeness (QED) is 0.711. The van der Waals surface area contributed by atoms with Crippen molar-refractivity contribution in [2.45, 2.75) is 59.5 Å². The average molecular weight is 390 g/mol. The van der Waals surface area contributed by atoms with Crippen LogP contribution in [0.2, 0.25) is 5.02 Å². The molecule has 1 aromatic carbocycles. The van der Waals surface area contributed by atoms with Crippen LogP contribution in [0, 0.1) is 5.41 Å². The fourth-order valence-electron chi connectivity index (χ4n) is 1.85. The minimum absolute atomic E-state index is 0. The predicted molar refractivity (Wildman–Crippen MR) is 107 cm³/mol. The second-order valence-corrected chi connectivity index (χ2v) is 8.13. The van der Waals surface area contributed by atoms with Crippen LogP contribution in [0.3, 0.4) is 0 Å². The molecule has 0 saturated heterocycles. The number of carbonyl (C=O) groups excluding carboxylic acids is 2. The zero-order valence-corrected chi connectivity index (χ0v) is 17.3. The van der Waals surface area contributed by atoms with Gasteiger partial charge in [0.1, 0.15) is 0 Å². The van der Waals surface area contributed by atoms with E-state index in [4.69, 9.17) is 17.3 Å². The van der Waals surface area contributed by atoms with E-state index in [1.807, 2.05) is 41.5 Å². The first-order chi connectivity index (χ1) is 10.9. The minimum Gasteiger partial charge on any atom is -0.347 e. The summed E-state index contributed by atoms with van der Waals surface area (Å²) in [4.78, 5) is 24.5. The minimum atomic E-state index is -0.649. The number of carbonyl (C=O) groups is 2. The molecule has 7 heteroatoms. The number of nitrogens with one attached hydrogen (secondary N) is 2. The third-order valence-corrected chi connectivity index (χ3v) is 4.35. The van der Waals surface area contributed by atoms with Crippen LogP contribution < -0.4 is 16.4 Å². The Labute approximate surface area is 161 Å². The Bertz CT molecular complexity index is 625.